The number of benzene rings is 2. The number of aromatic hydroxyl groups is 1. The SMILES string of the molecule is CCc1cc(Br)ccc1NC(=O)c1cc(O)ccc1Cl. The Bertz CT molecular complexity index is 658. The number of rotatable bonds is 3. The predicted molar refractivity (Wildman–Crippen MR) is 84.6 cm³/mol. The van der Waals surface area contributed by atoms with Crippen LogP contribution in [-0.4, -0.2) is 11.0 Å². The molecule has 0 saturated heterocycles. The van der Waals surface area contributed by atoms with E-state index in [2.05, 4.69) is 21.2 Å². The second-order valence-electron chi connectivity index (χ2n) is 4.27. The molecule has 104 valence electrons. The molecule has 0 fully saturated rings. The topological polar surface area (TPSA) is 49.3 Å². The van der Waals surface area contributed by atoms with E-state index in [-0.39, 0.29) is 17.2 Å². The summed E-state index contributed by atoms with van der Waals surface area (Å²) in [7, 11) is 0. The molecule has 1 amide bonds. The molecule has 0 aromatic heterocycles. The zero-order valence-corrected chi connectivity index (χ0v) is 13.1. The van der Waals surface area contributed by atoms with Crippen LogP contribution < -0.4 is 5.32 Å². The van der Waals surface area contributed by atoms with E-state index in [0.29, 0.717) is 5.02 Å². The molecule has 0 unspecified atom stereocenters. The molecular weight excluding hydrogens is 342 g/mol. The lowest BCUT2D eigenvalue weighted by atomic mass is 10.1. The van der Waals surface area contributed by atoms with Gasteiger partial charge in [-0.15, -0.1) is 0 Å². The van der Waals surface area contributed by atoms with Crippen molar-refractivity contribution in [2.75, 3.05) is 5.32 Å². The van der Waals surface area contributed by atoms with Crippen molar-refractivity contribution in [2.45, 2.75) is 13.3 Å². The van der Waals surface area contributed by atoms with Crippen LogP contribution >= 0.6 is 27.5 Å². The molecule has 0 heterocycles. The zero-order chi connectivity index (χ0) is 14.7. The zero-order valence-electron chi connectivity index (χ0n) is 10.8. The average Bonchev–Trinajstić information content (AvgIpc) is 2.43. The van der Waals surface area contributed by atoms with Crippen molar-refractivity contribution in [1.29, 1.82) is 0 Å². The van der Waals surface area contributed by atoms with E-state index in [1.807, 2.05) is 25.1 Å². The van der Waals surface area contributed by atoms with Crippen molar-refractivity contribution in [3.8, 4) is 5.75 Å². The summed E-state index contributed by atoms with van der Waals surface area (Å²) in [4.78, 5) is 12.2. The Morgan fingerprint density at radius 2 is 2.05 bits per heavy atom. The molecule has 2 aromatic carbocycles. The van der Waals surface area contributed by atoms with Crippen LogP contribution in [0.15, 0.2) is 40.9 Å². The first-order valence-electron chi connectivity index (χ1n) is 6.09. The highest BCUT2D eigenvalue weighted by molar-refractivity contribution is 9.10. The second-order valence-corrected chi connectivity index (χ2v) is 5.60. The van der Waals surface area contributed by atoms with Gasteiger partial charge in [-0.1, -0.05) is 34.5 Å². The Kier molecular flexibility index (Phi) is 4.68. The Hall–Kier alpha value is -1.52. The van der Waals surface area contributed by atoms with E-state index in [1.165, 1.54) is 18.2 Å². The Morgan fingerprint density at radius 1 is 1.30 bits per heavy atom. The first-order valence-corrected chi connectivity index (χ1v) is 7.26. The molecule has 0 spiro atoms. The number of nitrogens with one attached hydrogen (secondary N) is 1. The first kappa shape index (κ1) is 14.9. The molecule has 0 bridgehead atoms. The Labute approximate surface area is 130 Å². The summed E-state index contributed by atoms with van der Waals surface area (Å²) >= 11 is 9.38. The van der Waals surface area contributed by atoms with Crippen molar-refractivity contribution >= 4 is 39.1 Å². The van der Waals surface area contributed by atoms with E-state index in [9.17, 15) is 9.90 Å². The van der Waals surface area contributed by atoms with Gasteiger partial charge < -0.3 is 10.4 Å². The van der Waals surface area contributed by atoms with Crippen molar-refractivity contribution < 1.29 is 9.90 Å². The van der Waals surface area contributed by atoms with Gasteiger partial charge in [0.15, 0.2) is 0 Å². The van der Waals surface area contributed by atoms with Gasteiger partial charge >= 0.3 is 0 Å². The van der Waals surface area contributed by atoms with Gasteiger partial charge in [0.1, 0.15) is 5.75 Å². The summed E-state index contributed by atoms with van der Waals surface area (Å²) in [6.07, 6.45) is 0.794. The largest absolute Gasteiger partial charge is 0.508 e. The summed E-state index contributed by atoms with van der Waals surface area (Å²) in [6, 6.07) is 9.93. The fourth-order valence-electron chi connectivity index (χ4n) is 1.85. The minimum absolute atomic E-state index is 0.00562. The third-order valence-electron chi connectivity index (χ3n) is 2.89. The maximum atomic E-state index is 12.2. The van der Waals surface area contributed by atoms with Gasteiger partial charge in [-0.05, 0) is 48.4 Å². The van der Waals surface area contributed by atoms with E-state index < -0.39 is 0 Å². The summed E-state index contributed by atoms with van der Waals surface area (Å²) in [5, 5.41) is 12.6. The highest BCUT2D eigenvalue weighted by atomic mass is 79.9. The van der Waals surface area contributed by atoms with Crippen LogP contribution in [0.4, 0.5) is 5.69 Å². The van der Waals surface area contributed by atoms with E-state index in [0.717, 1.165) is 22.1 Å². The van der Waals surface area contributed by atoms with E-state index >= 15 is 0 Å². The number of phenols is 1. The first-order chi connectivity index (χ1) is 9.51. The number of phenolic OH excluding ortho intramolecular Hbond substituents is 1. The van der Waals surface area contributed by atoms with Crippen LogP contribution in [0.3, 0.4) is 0 Å². The molecule has 0 saturated carbocycles. The number of carbonyl (C=O) groups excluding carboxylic acids is 1. The standard InChI is InChI=1S/C15H13BrClNO2/c1-2-9-7-10(16)3-6-14(9)18-15(20)12-8-11(19)4-5-13(12)17/h3-8,19H,2H2,1H3,(H,18,20). The van der Waals surface area contributed by atoms with Crippen LogP contribution in [0.2, 0.25) is 5.02 Å². The van der Waals surface area contributed by atoms with Gasteiger partial charge in [0.05, 0.1) is 10.6 Å². The number of halogens is 2. The highest BCUT2D eigenvalue weighted by Gasteiger charge is 2.13. The number of carbonyl (C=O) groups is 1. The van der Waals surface area contributed by atoms with E-state index in [1.54, 1.807) is 0 Å². The molecule has 0 atom stereocenters. The minimum Gasteiger partial charge on any atom is -0.508 e. The van der Waals surface area contributed by atoms with Gasteiger partial charge in [-0.3, -0.25) is 4.79 Å². The molecule has 20 heavy (non-hydrogen) atoms. The normalized spacial score (nSPS) is 10.3. The quantitative estimate of drug-likeness (QED) is 0.845. The maximum Gasteiger partial charge on any atom is 0.257 e. The third kappa shape index (κ3) is 3.32. The highest BCUT2D eigenvalue weighted by Crippen LogP contribution is 2.25. The lowest BCUT2D eigenvalue weighted by Crippen LogP contribution is -2.13. The van der Waals surface area contributed by atoms with Crippen LogP contribution in [-0.2, 0) is 6.42 Å². The monoisotopic (exact) mass is 353 g/mol. The Balaban J connectivity index is 2.30. The number of amides is 1. The molecule has 0 aliphatic heterocycles. The van der Waals surface area contributed by atoms with Gasteiger partial charge in [0, 0.05) is 10.2 Å². The average molecular weight is 355 g/mol. The van der Waals surface area contributed by atoms with Crippen molar-refractivity contribution in [1.82, 2.24) is 0 Å². The number of hydrogen-bond donors (Lipinski definition) is 2. The molecule has 3 nitrogen and oxygen atoms in total. The van der Waals surface area contributed by atoms with Crippen molar-refractivity contribution in [3.63, 3.8) is 0 Å². The molecule has 2 rings (SSSR count). The van der Waals surface area contributed by atoms with Crippen LogP contribution in [0.5, 0.6) is 5.75 Å². The molecule has 2 N–H and O–H groups in total. The fourth-order valence-corrected chi connectivity index (χ4v) is 2.47. The molecular formula is C15H13BrClNO2. The van der Waals surface area contributed by atoms with Crippen LogP contribution in [0, 0.1) is 0 Å². The van der Waals surface area contributed by atoms with Gasteiger partial charge in [-0.25, -0.2) is 0 Å². The summed E-state index contributed by atoms with van der Waals surface area (Å²) in [5.74, 6) is -0.339. The molecule has 0 radical (unpaired) electrons. The lowest BCUT2D eigenvalue weighted by Gasteiger charge is -2.11. The van der Waals surface area contributed by atoms with Crippen LogP contribution in [0.1, 0.15) is 22.8 Å². The fraction of sp³-hybridized carbons (Fsp3) is 0.133. The smallest absolute Gasteiger partial charge is 0.257 e. The minimum atomic E-state index is -0.345. The third-order valence-corrected chi connectivity index (χ3v) is 3.71. The molecule has 0 aliphatic rings. The summed E-state index contributed by atoms with van der Waals surface area (Å²) < 4.78 is 0.961. The number of anilines is 1. The van der Waals surface area contributed by atoms with Crippen LogP contribution in [0.25, 0.3) is 0 Å². The summed E-state index contributed by atoms with van der Waals surface area (Å²) in [5.41, 5.74) is 2.00. The molecule has 2 aromatic rings. The van der Waals surface area contributed by atoms with Crippen molar-refractivity contribution in [2.24, 2.45) is 0 Å². The van der Waals surface area contributed by atoms with Gasteiger partial charge in [-0.2, -0.15) is 0 Å². The summed E-state index contributed by atoms with van der Waals surface area (Å²) in [6.45, 7) is 2.01. The van der Waals surface area contributed by atoms with Gasteiger partial charge in [0.2, 0.25) is 0 Å². The number of hydrogen-bond acceptors (Lipinski definition) is 2. The molecule has 0 aliphatic carbocycles. The lowest BCUT2D eigenvalue weighted by molar-refractivity contribution is 0.102. The van der Waals surface area contributed by atoms with Gasteiger partial charge in [0.25, 0.3) is 5.91 Å². The van der Waals surface area contributed by atoms with E-state index in [4.69, 9.17) is 11.6 Å². The van der Waals surface area contributed by atoms with Crippen molar-refractivity contribution in [3.05, 3.63) is 57.0 Å². The Morgan fingerprint density at radius 3 is 2.75 bits per heavy atom. The second kappa shape index (κ2) is 6.29. The maximum absolute atomic E-state index is 12.2. The molecule has 5 heteroatoms. The predicted octanol–water partition coefficient (Wildman–Crippen LogP) is 4.62. The number of aryl methyl sites for hydroxylation is 1.